The van der Waals surface area contributed by atoms with Crippen molar-refractivity contribution in [2.24, 2.45) is 0 Å². The number of amides is 1. The Morgan fingerprint density at radius 3 is 2.83 bits per heavy atom. The van der Waals surface area contributed by atoms with E-state index in [-0.39, 0.29) is 5.91 Å². The highest BCUT2D eigenvalue weighted by atomic mass is 16.3. The van der Waals surface area contributed by atoms with Crippen LogP contribution in [0.5, 0.6) is 0 Å². The molecule has 3 heterocycles. The van der Waals surface area contributed by atoms with Crippen LogP contribution in [0, 0.1) is 12.3 Å². The molecule has 178 valence electrons. The van der Waals surface area contributed by atoms with Gasteiger partial charge in [-0.1, -0.05) is 17.4 Å². The summed E-state index contributed by atoms with van der Waals surface area (Å²) in [4.78, 5) is 14.8. The number of aromatic nitrogens is 3. The average molecular weight is 469 g/mol. The number of rotatable bonds is 6. The first-order valence-electron chi connectivity index (χ1n) is 11.7. The zero-order valence-electron chi connectivity index (χ0n) is 19.9. The molecule has 2 aromatic carbocycles. The number of hydrogen-bond donors (Lipinski definition) is 2. The Hall–Kier alpha value is -4.20. The van der Waals surface area contributed by atoms with E-state index >= 15 is 0 Å². The van der Waals surface area contributed by atoms with Gasteiger partial charge in [0, 0.05) is 53.6 Å². The predicted octanol–water partition coefficient (Wildman–Crippen LogP) is 4.68. The first-order chi connectivity index (χ1) is 16.9. The van der Waals surface area contributed by atoms with E-state index in [0.29, 0.717) is 43.0 Å². The molecule has 8 heteroatoms. The van der Waals surface area contributed by atoms with Gasteiger partial charge >= 0.3 is 0 Å². The highest BCUT2D eigenvalue weighted by Gasteiger charge is 2.21. The zero-order chi connectivity index (χ0) is 24.5. The Labute approximate surface area is 203 Å². The second kappa shape index (κ2) is 9.21. The van der Waals surface area contributed by atoms with Crippen LogP contribution < -0.4 is 5.73 Å². The van der Waals surface area contributed by atoms with Gasteiger partial charge < -0.3 is 20.5 Å². The molecular weight excluding hydrogens is 440 g/mol. The third-order valence-corrected chi connectivity index (χ3v) is 6.41. The molecule has 1 aliphatic rings. The topological polar surface area (TPSA) is 114 Å². The molecule has 0 atom stereocenters. The van der Waals surface area contributed by atoms with Crippen LogP contribution in [0.4, 0.5) is 5.69 Å². The highest BCUT2D eigenvalue weighted by molar-refractivity contribution is 6.03. The van der Waals surface area contributed by atoms with Crippen molar-refractivity contribution in [3.05, 3.63) is 71.8 Å². The number of furan rings is 1. The SMILES string of the molecule is CC(=N)c1cc(-c2cc(C3=CCCN(C(=O)CCn4ccnn4)C3)cc3cc(C)oc23)ccc1N. The van der Waals surface area contributed by atoms with Crippen LogP contribution in [-0.4, -0.2) is 44.6 Å². The van der Waals surface area contributed by atoms with Crippen molar-refractivity contribution in [2.75, 3.05) is 18.8 Å². The lowest BCUT2D eigenvalue weighted by Gasteiger charge is -2.28. The quantitative estimate of drug-likeness (QED) is 0.315. The molecule has 35 heavy (non-hydrogen) atoms. The van der Waals surface area contributed by atoms with Gasteiger partial charge in [0.15, 0.2) is 0 Å². The van der Waals surface area contributed by atoms with Gasteiger partial charge in [-0.05, 0) is 67.3 Å². The molecule has 0 spiro atoms. The summed E-state index contributed by atoms with van der Waals surface area (Å²) in [6.45, 7) is 5.46. The standard InChI is InChI=1S/C27H28N6O2/c1-17-12-22-13-21(15-24(27(22)35-17)19-5-6-25(29)23(14-19)18(2)28)20-4-3-9-32(16-20)26(34)7-10-33-11-8-30-31-33/h4-6,8,11-15,28H,3,7,9-10,16,29H2,1-2H3. The largest absolute Gasteiger partial charge is 0.461 e. The third-order valence-electron chi connectivity index (χ3n) is 6.41. The summed E-state index contributed by atoms with van der Waals surface area (Å²) < 4.78 is 7.75. The van der Waals surface area contributed by atoms with E-state index in [1.54, 1.807) is 24.0 Å². The molecule has 0 fully saturated rings. The molecule has 1 amide bonds. The summed E-state index contributed by atoms with van der Waals surface area (Å²) in [7, 11) is 0. The minimum absolute atomic E-state index is 0.108. The molecule has 0 radical (unpaired) electrons. The minimum atomic E-state index is 0.108. The number of carbonyl (C=O) groups excluding carboxylic acids is 1. The van der Waals surface area contributed by atoms with Gasteiger partial charge in [-0.15, -0.1) is 5.10 Å². The lowest BCUT2D eigenvalue weighted by molar-refractivity contribution is -0.131. The van der Waals surface area contributed by atoms with E-state index < -0.39 is 0 Å². The number of nitrogens with one attached hydrogen (secondary N) is 1. The van der Waals surface area contributed by atoms with Crippen LogP contribution in [0.2, 0.25) is 0 Å². The van der Waals surface area contributed by atoms with Crippen LogP contribution in [0.15, 0.2) is 59.3 Å². The van der Waals surface area contributed by atoms with E-state index in [2.05, 4.69) is 28.5 Å². The molecule has 5 rings (SSSR count). The Balaban J connectivity index is 1.47. The predicted molar refractivity (Wildman–Crippen MR) is 137 cm³/mol. The van der Waals surface area contributed by atoms with Gasteiger partial charge in [0.1, 0.15) is 11.3 Å². The van der Waals surface area contributed by atoms with Crippen LogP contribution >= 0.6 is 0 Å². The van der Waals surface area contributed by atoms with Crippen LogP contribution in [0.25, 0.3) is 27.7 Å². The number of nitrogens with zero attached hydrogens (tertiary/aromatic N) is 4. The molecular formula is C27H28N6O2. The smallest absolute Gasteiger partial charge is 0.224 e. The van der Waals surface area contributed by atoms with E-state index in [1.807, 2.05) is 36.1 Å². The van der Waals surface area contributed by atoms with Crippen LogP contribution in [0.1, 0.15) is 36.7 Å². The monoisotopic (exact) mass is 468 g/mol. The third kappa shape index (κ3) is 4.59. The molecule has 0 unspecified atom stereocenters. The van der Waals surface area contributed by atoms with Crippen molar-refractivity contribution < 1.29 is 9.21 Å². The molecule has 2 aromatic heterocycles. The fourth-order valence-electron chi connectivity index (χ4n) is 4.62. The second-order valence-electron chi connectivity index (χ2n) is 8.98. The van der Waals surface area contributed by atoms with Crippen molar-refractivity contribution in [3.8, 4) is 11.1 Å². The number of benzene rings is 2. The maximum atomic E-state index is 12.9. The van der Waals surface area contributed by atoms with Gasteiger partial charge in [0.25, 0.3) is 0 Å². The van der Waals surface area contributed by atoms with Gasteiger partial charge in [0.05, 0.1) is 12.7 Å². The molecule has 4 aromatic rings. The number of carbonyl (C=O) groups is 1. The summed E-state index contributed by atoms with van der Waals surface area (Å²) in [5.74, 6) is 0.941. The number of anilines is 1. The minimum Gasteiger partial charge on any atom is -0.461 e. The summed E-state index contributed by atoms with van der Waals surface area (Å²) in [6.07, 6.45) is 6.79. The van der Waals surface area contributed by atoms with E-state index in [4.69, 9.17) is 15.6 Å². The number of nitrogen functional groups attached to an aromatic ring is 1. The summed E-state index contributed by atoms with van der Waals surface area (Å²) >= 11 is 0. The molecule has 0 saturated carbocycles. The van der Waals surface area contributed by atoms with E-state index in [9.17, 15) is 4.79 Å². The number of aryl methyl sites for hydroxylation is 2. The fraction of sp³-hybridized carbons (Fsp3) is 0.259. The molecule has 0 saturated heterocycles. The van der Waals surface area contributed by atoms with Gasteiger partial charge in [0.2, 0.25) is 5.91 Å². The first kappa shape index (κ1) is 22.6. The lowest BCUT2D eigenvalue weighted by atomic mass is 9.93. The summed E-state index contributed by atoms with van der Waals surface area (Å²) in [6, 6.07) is 12.0. The number of fused-ring (bicyclic) bond motifs is 1. The van der Waals surface area contributed by atoms with Crippen molar-refractivity contribution >= 4 is 33.8 Å². The Kier molecular flexibility index (Phi) is 5.94. The fourth-order valence-corrected chi connectivity index (χ4v) is 4.62. The number of nitrogens with two attached hydrogens (primary N) is 1. The first-order valence-corrected chi connectivity index (χ1v) is 11.7. The average Bonchev–Trinajstić information content (AvgIpc) is 3.51. The van der Waals surface area contributed by atoms with Gasteiger partial charge in [-0.2, -0.15) is 0 Å². The highest BCUT2D eigenvalue weighted by Crippen LogP contribution is 2.36. The Morgan fingerprint density at radius 1 is 1.20 bits per heavy atom. The summed E-state index contributed by atoms with van der Waals surface area (Å²) in [5.41, 5.74) is 12.7. The molecule has 8 nitrogen and oxygen atoms in total. The lowest BCUT2D eigenvalue weighted by Crippen LogP contribution is -2.35. The normalized spacial score (nSPS) is 13.8. The van der Waals surface area contributed by atoms with Crippen molar-refractivity contribution in [2.45, 2.75) is 33.2 Å². The van der Waals surface area contributed by atoms with Gasteiger partial charge in [-0.25, -0.2) is 0 Å². The van der Waals surface area contributed by atoms with Crippen LogP contribution in [0.3, 0.4) is 0 Å². The Morgan fingerprint density at radius 2 is 2.06 bits per heavy atom. The second-order valence-corrected chi connectivity index (χ2v) is 8.98. The van der Waals surface area contributed by atoms with E-state index in [0.717, 1.165) is 45.4 Å². The molecule has 3 N–H and O–H groups in total. The maximum absolute atomic E-state index is 12.9. The van der Waals surface area contributed by atoms with Crippen LogP contribution in [-0.2, 0) is 11.3 Å². The zero-order valence-corrected chi connectivity index (χ0v) is 19.9. The Bertz CT molecular complexity index is 1450. The number of hydrogen-bond acceptors (Lipinski definition) is 6. The van der Waals surface area contributed by atoms with Crippen molar-refractivity contribution in [3.63, 3.8) is 0 Å². The summed E-state index contributed by atoms with van der Waals surface area (Å²) in [5, 5.41) is 16.8. The van der Waals surface area contributed by atoms with E-state index in [1.165, 1.54) is 0 Å². The molecule has 1 aliphatic heterocycles. The maximum Gasteiger partial charge on any atom is 0.224 e. The van der Waals surface area contributed by atoms with Gasteiger partial charge in [-0.3, -0.25) is 9.48 Å². The molecule has 0 aliphatic carbocycles. The van der Waals surface area contributed by atoms with Crippen molar-refractivity contribution in [1.29, 1.82) is 5.41 Å². The van der Waals surface area contributed by atoms with Crippen molar-refractivity contribution in [1.82, 2.24) is 19.9 Å². The molecule has 0 bridgehead atoms.